The fraction of sp³-hybridized carbons (Fsp3) is 0.143. The van der Waals surface area contributed by atoms with Crippen LogP contribution in [0.3, 0.4) is 0 Å². The zero-order chi connectivity index (χ0) is 14.4. The molecule has 2 aromatic heterocycles. The van der Waals surface area contributed by atoms with Gasteiger partial charge in [0.25, 0.3) is 0 Å². The highest BCUT2D eigenvalue weighted by Gasteiger charge is 2.18. The molecule has 0 saturated heterocycles. The number of thiophene rings is 1. The van der Waals surface area contributed by atoms with Gasteiger partial charge in [0, 0.05) is 22.8 Å². The number of aromatic carboxylic acids is 1. The van der Waals surface area contributed by atoms with E-state index in [1.165, 1.54) is 29.7 Å². The summed E-state index contributed by atoms with van der Waals surface area (Å²) < 4.78 is 15.9. The molecule has 102 valence electrons. The summed E-state index contributed by atoms with van der Waals surface area (Å²) in [6, 6.07) is 4.22. The van der Waals surface area contributed by atoms with Crippen LogP contribution in [-0.4, -0.2) is 15.6 Å². The number of hydrogen-bond donors (Lipinski definition) is 1. The second-order valence-electron chi connectivity index (χ2n) is 4.39. The minimum Gasteiger partial charge on any atom is -0.477 e. The van der Waals surface area contributed by atoms with Crippen molar-refractivity contribution in [3.63, 3.8) is 0 Å². The summed E-state index contributed by atoms with van der Waals surface area (Å²) >= 11 is 1.36. The Balaban J connectivity index is 2.60. The molecule has 0 amide bonds. The van der Waals surface area contributed by atoms with Crippen molar-refractivity contribution >= 4 is 37.6 Å². The Hall–Kier alpha value is -2.21. The minimum absolute atomic E-state index is 0.284. The lowest BCUT2D eigenvalue weighted by Gasteiger charge is -2.06. The molecular formula is C14H10FNO3S. The summed E-state index contributed by atoms with van der Waals surface area (Å²) in [4.78, 5) is 24.2. The standard InChI is InChI=1S/C14H10FNO3S/c1-2-16-6-9(14(18)19)12(17)11-8-5-7(15)3-4-10(8)20-13(11)16/h3-6H,2H2,1H3,(H,18,19). The van der Waals surface area contributed by atoms with Crippen LogP contribution in [0, 0.1) is 5.82 Å². The number of carboxylic acids is 1. The molecule has 1 aromatic carbocycles. The van der Waals surface area contributed by atoms with Gasteiger partial charge in [-0.05, 0) is 25.1 Å². The molecule has 3 aromatic rings. The van der Waals surface area contributed by atoms with E-state index < -0.39 is 17.2 Å². The topological polar surface area (TPSA) is 59.3 Å². The molecule has 0 atom stereocenters. The van der Waals surface area contributed by atoms with Crippen LogP contribution in [0.15, 0.2) is 29.2 Å². The number of aryl methyl sites for hydroxylation is 1. The number of hydrogen-bond acceptors (Lipinski definition) is 3. The van der Waals surface area contributed by atoms with Gasteiger partial charge in [-0.15, -0.1) is 11.3 Å². The molecule has 1 N–H and O–H groups in total. The van der Waals surface area contributed by atoms with Crippen LogP contribution < -0.4 is 5.43 Å². The molecular weight excluding hydrogens is 281 g/mol. The first kappa shape index (κ1) is 12.8. The molecule has 0 aliphatic carbocycles. The lowest BCUT2D eigenvalue weighted by Crippen LogP contribution is -2.17. The highest BCUT2D eigenvalue weighted by Crippen LogP contribution is 2.32. The molecule has 6 heteroatoms. The minimum atomic E-state index is -1.27. The summed E-state index contributed by atoms with van der Waals surface area (Å²) in [5, 5.41) is 9.88. The number of benzene rings is 1. The first-order valence-electron chi connectivity index (χ1n) is 6.01. The molecule has 0 unspecified atom stereocenters. The molecule has 20 heavy (non-hydrogen) atoms. The van der Waals surface area contributed by atoms with E-state index >= 15 is 0 Å². The summed E-state index contributed by atoms with van der Waals surface area (Å²) in [7, 11) is 0. The molecule has 2 heterocycles. The predicted molar refractivity (Wildman–Crippen MR) is 76.2 cm³/mol. The van der Waals surface area contributed by atoms with Crippen molar-refractivity contribution in [1.29, 1.82) is 0 Å². The van der Waals surface area contributed by atoms with Gasteiger partial charge in [-0.1, -0.05) is 0 Å². The van der Waals surface area contributed by atoms with Crippen LogP contribution >= 0.6 is 11.3 Å². The van der Waals surface area contributed by atoms with Crippen LogP contribution in [0.5, 0.6) is 0 Å². The van der Waals surface area contributed by atoms with E-state index in [2.05, 4.69) is 0 Å². The first-order valence-corrected chi connectivity index (χ1v) is 6.83. The quantitative estimate of drug-likeness (QED) is 0.789. The van der Waals surface area contributed by atoms with Gasteiger partial charge in [-0.3, -0.25) is 4.79 Å². The van der Waals surface area contributed by atoms with E-state index in [-0.39, 0.29) is 10.9 Å². The summed E-state index contributed by atoms with van der Waals surface area (Å²) in [6.45, 7) is 2.40. The molecule has 0 radical (unpaired) electrons. The average Bonchev–Trinajstić information content (AvgIpc) is 2.78. The van der Waals surface area contributed by atoms with Crippen LogP contribution in [0.2, 0.25) is 0 Å². The van der Waals surface area contributed by atoms with Crippen LogP contribution in [-0.2, 0) is 6.54 Å². The third kappa shape index (κ3) is 1.72. The van der Waals surface area contributed by atoms with E-state index in [0.29, 0.717) is 16.8 Å². The van der Waals surface area contributed by atoms with Crippen LogP contribution in [0.4, 0.5) is 4.39 Å². The fourth-order valence-electron chi connectivity index (χ4n) is 2.27. The van der Waals surface area contributed by atoms with Gasteiger partial charge in [0.1, 0.15) is 16.2 Å². The van der Waals surface area contributed by atoms with Crippen LogP contribution in [0.1, 0.15) is 17.3 Å². The Labute approximate surface area is 116 Å². The zero-order valence-electron chi connectivity index (χ0n) is 10.5. The highest BCUT2D eigenvalue weighted by molar-refractivity contribution is 7.25. The summed E-state index contributed by atoms with van der Waals surface area (Å²) in [5.74, 6) is -1.71. The number of carboxylic acid groups (broad SMARTS) is 1. The maximum Gasteiger partial charge on any atom is 0.341 e. The molecule has 0 saturated carbocycles. The van der Waals surface area contributed by atoms with E-state index in [0.717, 1.165) is 4.70 Å². The van der Waals surface area contributed by atoms with E-state index in [9.17, 15) is 14.0 Å². The number of pyridine rings is 1. The van der Waals surface area contributed by atoms with E-state index in [1.807, 2.05) is 6.92 Å². The van der Waals surface area contributed by atoms with Crippen molar-refractivity contribution in [3.8, 4) is 0 Å². The monoisotopic (exact) mass is 291 g/mol. The molecule has 0 bridgehead atoms. The van der Waals surface area contributed by atoms with Gasteiger partial charge in [-0.2, -0.15) is 0 Å². The Morgan fingerprint density at radius 3 is 2.85 bits per heavy atom. The number of rotatable bonds is 2. The third-order valence-corrected chi connectivity index (χ3v) is 4.43. The first-order chi connectivity index (χ1) is 9.52. The number of nitrogens with zero attached hydrogens (tertiary/aromatic N) is 1. The second kappa shape index (κ2) is 4.42. The van der Waals surface area contributed by atoms with Gasteiger partial charge in [-0.25, -0.2) is 9.18 Å². The van der Waals surface area contributed by atoms with Crippen molar-refractivity contribution in [2.24, 2.45) is 0 Å². The van der Waals surface area contributed by atoms with Crippen molar-refractivity contribution < 1.29 is 14.3 Å². The molecule has 3 rings (SSSR count). The Morgan fingerprint density at radius 2 is 2.20 bits per heavy atom. The largest absolute Gasteiger partial charge is 0.477 e. The summed E-state index contributed by atoms with van der Waals surface area (Å²) in [5.41, 5.74) is -0.850. The van der Waals surface area contributed by atoms with Gasteiger partial charge in [0.05, 0.1) is 5.39 Å². The zero-order valence-corrected chi connectivity index (χ0v) is 11.3. The third-order valence-electron chi connectivity index (χ3n) is 3.22. The Bertz CT molecular complexity index is 910. The lowest BCUT2D eigenvalue weighted by atomic mass is 10.1. The van der Waals surface area contributed by atoms with Gasteiger partial charge < -0.3 is 9.67 Å². The maximum absolute atomic E-state index is 13.4. The molecule has 0 fully saturated rings. The van der Waals surface area contributed by atoms with Gasteiger partial charge in [0.2, 0.25) is 5.43 Å². The predicted octanol–water partition coefficient (Wildman–Crippen LogP) is 3.07. The second-order valence-corrected chi connectivity index (χ2v) is 5.42. The van der Waals surface area contributed by atoms with Gasteiger partial charge >= 0.3 is 5.97 Å². The summed E-state index contributed by atoms with van der Waals surface area (Å²) in [6.07, 6.45) is 1.35. The highest BCUT2D eigenvalue weighted by atomic mass is 32.1. The molecule has 4 nitrogen and oxygen atoms in total. The van der Waals surface area contributed by atoms with Crippen molar-refractivity contribution in [1.82, 2.24) is 4.57 Å². The Kier molecular flexibility index (Phi) is 2.83. The van der Waals surface area contributed by atoms with E-state index in [4.69, 9.17) is 5.11 Å². The fourth-order valence-corrected chi connectivity index (χ4v) is 3.49. The maximum atomic E-state index is 13.4. The SMILES string of the molecule is CCn1cc(C(=O)O)c(=O)c2c3cc(F)ccc3sc21. The van der Waals surface area contributed by atoms with Gasteiger partial charge in [0.15, 0.2) is 0 Å². The Morgan fingerprint density at radius 1 is 1.45 bits per heavy atom. The van der Waals surface area contributed by atoms with Crippen molar-refractivity contribution in [2.45, 2.75) is 13.5 Å². The smallest absolute Gasteiger partial charge is 0.341 e. The van der Waals surface area contributed by atoms with Crippen LogP contribution in [0.25, 0.3) is 20.3 Å². The number of aromatic nitrogens is 1. The number of fused-ring (bicyclic) bond motifs is 3. The molecule has 0 aliphatic rings. The van der Waals surface area contributed by atoms with Crippen molar-refractivity contribution in [2.75, 3.05) is 0 Å². The number of carbonyl (C=O) groups is 1. The van der Waals surface area contributed by atoms with Crippen molar-refractivity contribution in [3.05, 3.63) is 46.0 Å². The molecule has 0 spiro atoms. The molecule has 0 aliphatic heterocycles. The average molecular weight is 291 g/mol. The van der Waals surface area contributed by atoms with E-state index in [1.54, 1.807) is 10.6 Å². The normalized spacial score (nSPS) is 11.3. The lowest BCUT2D eigenvalue weighted by molar-refractivity contribution is 0.0695. The number of halogens is 1.